The quantitative estimate of drug-likeness (QED) is 0.258. The van der Waals surface area contributed by atoms with Crippen LogP contribution in [0, 0.1) is 16.2 Å². The fourth-order valence-electron chi connectivity index (χ4n) is 2.50. The fraction of sp³-hybridized carbons (Fsp3) is 0.333. The molecule has 0 unspecified atom stereocenters. The molecule has 0 aliphatic rings. The summed E-state index contributed by atoms with van der Waals surface area (Å²) in [6.45, 7) is 6.64. The second-order valence-corrected chi connectivity index (χ2v) is 10.1. The number of nitrogens with zero attached hydrogens (tertiary/aromatic N) is 2. The van der Waals surface area contributed by atoms with E-state index in [-0.39, 0.29) is 22.3 Å². The average molecular weight is 511 g/mol. The first-order valence-corrected chi connectivity index (χ1v) is 11.3. The van der Waals surface area contributed by atoms with Gasteiger partial charge in [0.25, 0.3) is 0 Å². The van der Waals surface area contributed by atoms with Crippen LogP contribution < -0.4 is 10.8 Å². The summed E-state index contributed by atoms with van der Waals surface area (Å²) in [5, 5.41) is 20.8. The Labute approximate surface area is 193 Å². The summed E-state index contributed by atoms with van der Waals surface area (Å²) in [5.41, 5.74) is 0.941. The van der Waals surface area contributed by atoms with Crippen LogP contribution in [-0.2, 0) is 6.42 Å². The minimum atomic E-state index is -0.374. The minimum absolute atomic E-state index is 0.0399. The van der Waals surface area contributed by atoms with Crippen LogP contribution >= 0.6 is 38.9 Å². The molecule has 1 aromatic carbocycles. The monoisotopic (exact) mass is 509 g/mol. The van der Waals surface area contributed by atoms with E-state index in [1.165, 1.54) is 9.27 Å². The highest BCUT2D eigenvalue weighted by Gasteiger charge is 2.20. The number of pyridine rings is 1. The zero-order valence-electron chi connectivity index (χ0n) is 17.3. The van der Waals surface area contributed by atoms with Crippen LogP contribution in [0.4, 0.5) is 0 Å². The number of aromatic nitrogens is 2. The molecule has 6 nitrogen and oxygen atoms in total. The molecule has 0 bridgehead atoms. The van der Waals surface area contributed by atoms with Crippen molar-refractivity contribution in [2.45, 2.75) is 27.2 Å². The predicted octanol–water partition coefficient (Wildman–Crippen LogP) is 5.13. The van der Waals surface area contributed by atoms with E-state index in [0.29, 0.717) is 10.8 Å². The van der Waals surface area contributed by atoms with Gasteiger partial charge in [-0.25, -0.2) is 4.98 Å². The lowest BCUT2D eigenvalue weighted by Gasteiger charge is -2.22. The van der Waals surface area contributed by atoms with Crippen molar-refractivity contribution in [2.75, 3.05) is 13.6 Å². The van der Waals surface area contributed by atoms with E-state index in [9.17, 15) is 4.79 Å². The molecule has 0 spiro atoms. The van der Waals surface area contributed by atoms with Crippen molar-refractivity contribution in [1.29, 1.82) is 10.8 Å². The number of benzene rings is 1. The minimum Gasteiger partial charge on any atom is -0.319 e. The van der Waals surface area contributed by atoms with Crippen molar-refractivity contribution >= 4 is 61.2 Å². The predicted molar refractivity (Wildman–Crippen MR) is 128 cm³/mol. The highest BCUT2D eigenvalue weighted by molar-refractivity contribution is 9.10. The lowest BCUT2D eigenvalue weighted by molar-refractivity contribution is 0.112. The van der Waals surface area contributed by atoms with Crippen molar-refractivity contribution in [1.82, 2.24) is 14.9 Å². The highest BCUT2D eigenvalue weighted by atomic mass is 79.9. The summed E-state index contributed by atoms with van der Waals surface area (Å²) in [7, 11) is 1.95. The van der Waals surface area contributed by atoms with Gasteiger partial charge in [-0.2, -0.15) is 0 Å². The van der Waals surface area contributed by atoms with E-state index in [0.717, 1.165) is 28.5 Å². The number of carbonyl (C=O) groups is 1. The van der Waals surface area contributed by atoms with Gasteiger partial charge in [0.15, 0.2) is 6.29 Å². The van der Waals surface area contributed by atoms with Gasteiger partial charge in [-0.1, -0.05) is 32.4 Å². The Kier molecular flexibility index (Phi) is 8.49. The summed E-state index contributed by atoms with van der Waals surface area (Å²) in [4.78, 5) is 15.3. The van der Waals surface area contributed by atoms with Crippen LogP contribution in [0.25, 0.3) is 10.2 Å². The molecule has 3 N–H and O–H groups in total. The van der Waals surface area contributed by atoms with E-state index in [1.54, 1.807) is 23.6 Å². The molecule has 0 saturated carbocycles. The van der Waals surface area contributed by atoms with Gasteiger partial charge in [-0.05, 0) is 47.2 Å². The van der Waals surface area contributed by atoms with Gasteiger partial charge in [-0.15, -0.1) is 11.3 Å². The van der Waals surface area contributed by atoms with Gasteiger partial charge in [-0.3, -0.25) is 20.2 Å². The lowest BCUT2D eigenvalue weighted by Crippen LogP contribution is -2.36. The molecule has 0 aliphatic carbocycles. The van der Waals surface area contributed by atoms with E-state index in [1.807, 2.05) is 46.0 Å². The zero-order chi connectivity index (χ0) is 22.5. The highest BCUT2D eigenvalue weighted by Crippen LogP contribution is 2.25. The first-order chi connectivity index (χ1) is 14.1. The molecule has 3 rings (SSSR count). The summed E-state index contributed by atoms with van der Waals surface area (Å²) < 4.78 is 3.30. The first kappa shape index (κ1) is 24.4. The third kappa shape index (κ3) is 6.31. The molecule has 3 aromatic rings. The number of halogens is 2. The van der Waals surface area contributed by atoms with Crippen LogP contribution in [0.5, 0.6) is 0 Å². The maximum absolute atomic E-state index is 10.8. The number of thiazole rings is 1. The molecular formula is C21H25BrClN5OS. The van der Waals surface area contributed by atoms with Crippen molar-refractivity contribution in [3.05, 3.63) is 56.0 Å². The summed E-state index contributed by atoms with van der Waals surface area (Å²) in [6.07, 6.45) is 3.23. The Morgan fingerprint density at radius 1 is 1.37 bits per heavy atom. The number of aldehydes is 1. The average Bonchev–Trinajstić information content (AvgIpc) is 3.09. The molecule has 160 valence electrons. The number of fused-ring (bicyclic) bond motifs is 1. The van der Waals surface area contributed by atoms with Crippen LogP contribution in [0.3, 0.4) is 0 Å². The van der Waals surface area contributed by atoms with Gasteiger partial charge >= 0.3 is 0 Å². The van der Waals surface area contributed by atoms with Gasteiger partial charge in [0, 0.05) is 34.1 Å². The smallest absolute Gasteiger partial charge is 0.153 e. The van der Waals surface area contributed by atoms with Gasteiger partial charge in [0.2, 0.25) is 0 Å². The van der Waals surface area contributed by atoms with Crippen LogP contribution in [0.2, 0.25) is 5.02 Å². The Bertz CT molecular complexity index is 1120. The Morgan fingerprint density at radius 3 is 2.67 bits per heavy atom. The molecular weight excluding hydrogens is 486 g/mol. The van der Waals surface area contributed by atoms with Gasteiger partial charge in [0.1, 0.15) is 11.3 Å². The SMILES string of the molecule is CC(C)(C)C(=N)n1cc(Br)cc(C=O)c1=N.CNCCc1nc2cc(Cl)ccc2s1. The summed E-state index contributed by atoms with van der Waals surface area (Å²) in [6, 6.07) is 7.42. The standard InChI is InChI=1S/C11H14BrN3O.C10H11ClN2S/c1-11(2,3)10(14)15-5-8(12)4-7(6-16)9(15)13;1-12-5-4-10-13-8-6-7(11)2-3-9(8)14-10/h4-6,13-14H,1-3H3;2-3,6,12H,4-5H2,1H3. The normalized spacial score (nSPS) is 11.1. The lowest BCUT2D eigenvalue weighted by atomic mass is 9.95. The maximum Gasteiger partial charge on any atom is 0.153 e. The van der Waals surface area contributed by atoms with E-state index >= 15 is 0 Å². The molecule has 2 aromatic heterocycles. The van der Waals surface area contributed by atoms with Gasteiger partial charge < -0.3 is 5.32 Å². The second kappa shape index (κ2) is 10.4. The molecule has 30 heavy (non-hydrogen) atoms. The third-order valence-electron chi connectivity index (χ3n) is 4.12. The molecule has 9 heteroatoms. The number of carbonyl (C=O) groups excluding carboxylic acids is 1. The number of nitrogens with one attached hydrogen (secondary N) is 3. The Morgan fingerprint density at radius 2 is 2.07 bits per heavy atom. The van der Waals surface area contributed by atoms with Crippen molar-refractivity contribution < 1.29 is 4.79 Å². The maximum atomic E-state index is 10.8. The molecule has 2 heterocycles. The molecule has 0 saturated heterocycles. The van der Waals surface area contributed by atoms with E-state index in [2.05, 4.69) is 26.2 Å². The van der Waals surface area contributed by atoms with Crippen molar-refractivity contribution in [3.63, 3.8) is 0 Å². The number of rotatable bonds is 4. The Balaban J connectivity index is 0.000000215. The molecule has 0 radical (unpaired) electrons. The molecule has 0 atom stereocenters. The molecule has 0 fully saturated rings. The van der Waals surface area contributed by atoms with Crippen LogP contribution in [0.15, 0.2) is 34.9 Å². The van der Waals surface area contributed by atoms with Crippen molar-refractivity contribution in [2.24, 2.45) is 5.41 Å². The Hall–Kier alpha value is -1.87. The molecule has 0 amide bonds. The van der Waals surface area contributed by atoms with Crippen LogP contribution in [-0.4, -0.2) is 35.3 Å². The van der Waals surface area contributed by atoms with Crippen LogP contribution in [0.1, 0.15) is 36.1 Å². The largest absolute Gasteiger partial charge is 0.319 e. The van der Waals surface area contributed by atoms with Gasteiger partial charge in [0.05, 0.1) is 20.8 Å². The molecule has 0 aliphatic heterocycles. The second-order valence-electron chi connectivity index (χ2n) is 7.62. The summed E-state index contributed by atoms with van der Waals surface area (Å²) >= 11 is 10.9. The topological polar surface area (TPSA) is 94.6 Å². The number of hydrogen-bond acceptors (Lipinski definition) is 6. The number of hydrogen-bond donors (Lipinski definition) is 3. The fourth-order valence-corrected chi connectivity index (χ4v) is 4.06. The zero-order valence-corrected chi connectivity index (χ0v) is 20.5. The van der Waals surface area contributed by atoms with Crippen molar-refractivity contribution in [3.8, 4) is 0 Å². The first-order valence-electron chi connectivity index (χ1n) is 9.27. The van der Waals surface area contributed by atoms with E-state index in [4.69, 9.17) is 22.4 Å². The third-order valence-corrected chi connectivity index (χ3v) is 5.89. The van der Waals surface area contributed by atoms with E-state index < -0.39 is 0 Å². The summed E-state index contributed by atoms with van der Waals surface area (Å²) in [5.74, 6) is 0.280. The number of likely N-dealkylation sites (N-methyl/N-ethyl adjacent to an activating group) is 1.